The van der Waals surface area contributed by atoms with Crippen LogP contribution in [0.25, 0.3) is 28.1 Å². The first kappa shape index (κ1) is 23.8. The van der Waals surface area contributed by atoms with Gasteiger partial charge >= 0.3 is 11.7 Å². The van der Waals surface area contributed by atoms with E-state index >= 15 is 0 Å². The molecule has 0 bridgehead atoms. The minimum atomic E-state index is -0.383. The molecule has 0 amide bonds. The Morgan fingerprint density at radius 1 is 1.05 bits per heavy atom. The molecule has 0 unspecified atom stereocenters. The topological polar surface area (TPSA) is 100 Å². The molecule has 0 N–H and O–H groups in total. The predicted molar refractivity (Wildman–Crippen MR) is 142 cm³/mol. The summed E-state index contributed by atoms with van der Waals surface area (Å²) in [5.41, 5.74) is 4.04. The summed E-state index contributed by atoms with van der Waals surface area (Å²) < 4.78 is 10.3. The number of carbonyl (C=O) groups is 1. The van der Waals surface area contributed by atoms with Gasteiger partial charge in [0.05, 0.1) is 48.4 Å². The molecule has 6 rings (SSSR count). The van der Waals surface area contributed by atoms with E-state index in [1.807, 2.05) is 65.0 Å². The lowest BCUT2D eigenvalue weighted by atomic mass is 10.1. The van der Waals surface area contributed by atoms with Crippen molar-refractivity contribution in [3.63, 3.8) is 0 Å². The first-order chi connectivity index (χ1) is 18.5. The second kappa shape index (κ2) is 9.71. The van der Waals surface area contributed by atoms with Gasteiger partial charge in [-0.15, -0.1) is 0 Å². The highest BCUT2D eigenvalue weighted by Gasteiger charge is 2.29. The van der Waals surface area contributed by atoms with Gasteiger partial charge in [0.1, 0.15) is 5.82 Å². The van der Waals surface area contributed by atoms with Gasteiger partial charge in [-0.2, -0.15) is 0 Å². The van der Waals surface area contributed by atoms with E-state index in [0.717, 1.165) is 48.7 Å². The summed E-state index contributed by atoms with van der Waals surface area (Å²) in [6.07, 6.45) is 8.04. The highest BCUT2D eigenvalue weighted by molar-refractivity contribution is 5.89. The van der Waals surface area contributed by atoms with E-state index in [2.05, 4.69) is 19.9 Å². The second-order valence-electron chi connectivity index (χ2n) is 9.44. The Bertz CT molecular complexity index is 1670. The maximum absolute atomic E-state index is 13.8. The Hall–Kier alpha value is -4.57. The van der Waals surface area contributed by atoms with E-state index < -0.39 is 0 Å². The highest BCUT2D eigenvalue weighted by atomic mass is 16.5. The summed E-state index contributed by atoms with van der Waals surface area (Å²) in [7, 11) is 3.35. The third kappa shape index (κ3) is 4.18. The molecule has 192 valence electrons. The van der Waals surface area contributed by atoms with Crippen LogP contribution >= 0.6 is 0 Å². The number of hydrogen-bond acceptors (Lipinski definition) is 7. The van der Waals surface area contributed by atoms with Crippen LogP contribution in [0, 0.1) is 0 Å². The summed E-state index contributed by atoms with van der Waals surface area (Å²) in [6, 6.07) is 14.6. The number of nitrogens with zero attached hydrogens (tertiary/aromatic N) is 7. The van der Waals surface area contributed by atoms with Gasteiger partial charge < -0.3 is 9.30 Å². The van der Waals surface area contributed by atoms with Crippen LogP contribution in [0.4, 0.5) is 0 Å². The summed E-state index contributed by atoms with van der Waals surface area (Å²) in [4.78, 5) is 41.5. The summed E-state index contributed by atoms with van der Waals surface area (Å²) in [5.74, 6) is 0.621. The average molecular weight is 510 g/mol. The number of fused-ring (bicyclic) bond motifs is 1. The van der Waals surface area contributed by atoms with Gasteiger partial charge in [0.2, 0.25) is 0 Å². The fourth-order valence-corrected chi connectivity index (χ4v) is 5.13. The molecule has 0 aliphatic carbocycles. The number of hydrogen-bond donors (Lipinski definition) is 0. The zero-order valence-corrected chi connectivity index (χ0v) is 21.2. The quantitative estimate of drug-likeness (QED) is 0.324. The van der Waals surface area contributed by atoms with Crippen LogP contribution in [-0.2, 0) is 18.3 Å². The Morgan fingerprint density at radius 3 is 2.61 bits per heavy atom. The van der Waals surface area contributed by atoms with Crippen molar-refractivity contribution in [2.75, 3.05) is 20.2 Å². The van der Waals surface area contributed by atoms with Crippen molar-refractivity contribution in [2.24, 2.45) is 7.05 Å². The Kier molecular flexibility index (Phi) is 6.09. The number of aryl methyl sites for hydroxylation is 1. The SMILES string of the molecule is COC(=O)c1ccc(-c2ccc(-n3c(=O)n([C@H]4CCN(Cc5nccn5C)C4)c4ncccc43)cn2)cc1. The minimum Gasteiger partial charge on any atom is -0.465 e. The molecule has 1 aromatic carbocycles. The lowest BCUT2D eigenvalue weighted by molar-refractivity contribution is 0.0600. The van der Waals surface area contributed by atoms with E-state index in [9.17, 15) is 9.59 Å². The number of imidazole rings is 2. The van der Waals surface area contributed by atoms with Crippen LogP contribution in [0.2, 0.25) is 0 Å². The van der Waals surface area contributed by atoms with Crippen molar-refractivity contribution in [3.05, 3.63) is 95.2 Å². The highest BCUT2D eigenvalue weighted by Crippen LogP contribution is 2.27. The maximum atomic E-state index is 13.8. The van der Waals surface area contributed by atoms with E-state index in [1.165, 1.54) is 7.11 Å². The van der Waals surface area contributed by atoms with Crippen molar-refractivity contribution >= 4 is 17.1 Å². The van der Waals surface area contributed by atoms with E-state index in [1.54, 1.807) is 29.1 Å². The Labute approximate surface area is 218 Å². The van der Waals surface area contributed by atoms with Crippen LogP contribution in [0.5, 0.6) is 0 Å². The zero-order valence-electron chi connectivity index (χ0n) is 21.2. The molecule has 10 nitrogen and oxygen atoms in total. The number of methoxy groups -OCH3 is 1. The van der Waals surface area contributed by atoms with Crippen molar-refractivity contribution in [2.45, 2.75) is 19.0 Å². The summed E-state index contributed by atoms with van der Waals surface area (Å²) >= 11 is 0. The summed E-state index contributed by atoms with van der Waals surface area (Å²) in [6.45, 7) is 2.38. The molecule has 1 aliphatic heterocycles. The van der Waals surface area contributed by atoms with Crippen LogP contribution in [0.3, 0.4) is 0 Å². The number of aromatic nitrogens is 6. The molecular weight excluding hydrogens is 482 g/mol. The molecule has 0 radical (unpaired) electrons. The molecule has 5 heterocycles. The monoisotopic (exact) mass is 509 g/mol. The molecule has 10 heteroatoms. The molecule has 1 fully saturated rings. The normalized spacial score (nSPS) is 15.8. The molecule has 1 atom stereocenters. The van der Waals surface area contributed by atoms with Gasteiger partial charge in [-0.05, 0) is 42.8 Å². The van der Waals surface area contributed by atoms with Crippen LogP contribution in [0.15, 0.2) is 78.1 Å². The molecule has 0 spiro atoms. The molecule has 38 heavy (non-hydrogen) atoms. The van der Waals surface area contributed by atoms with Crippen molar-refractivity contribution in [1.29, 1.82) is 0 Å². The van der Waals surface area contributed by atoms with Crippen molar-refractivity contribution < 1.29 is 9.53 Å². The van der Waals surface area contributed by atoms with Crippen molar-refractivity contribution in [1.82, 2.24) is 33.6 Å². The third-order valence-electron chi connectivity index (χ3n) is 7.14. The molecule has 1 saturated heterocycles. The number of rotatable bonds is 6. The van der Waals surface area contributed by atoms with Gasteiger partial charge in [0.25, 0.3) is 0 Å². The fraction of sp³-hybridized carbons (Fsp3) is 0.250. The minimum absolute atomic E-state index is 0.0157. The van der Waals surface area contributed by atoms with E-state index in [4.69, 9.17) is 4.74 Å². The lowest BCUT2D eigenvalue weighted by Crippen LogP contribution is -2.29. The number of likely N-dealkylation sites (tertiary alicyclic amines) is 1. The number of esters is 1. The third-order valence-corrected chi connectivity index (χ3v) is 7.14. The van der Waals surface area contributed by atoms with Gasteiger partial charge in [0, 0.05) is 44.3 Å². The molecule has 1 aliphatic rings. The largest absolute Gasteiger partial charge is 0.465 e. The fourth-order valence-electron chi connectivity index (χ4n) is 5.13. The first-order valence-corrected chi connectivity index (χ1v) is 12.4. The van der Waals surface area contributed by atoms with Crippen LogP contribution in [-0.4, -0.2) is 59.7 Å². The number of carbonyl (C=O) groups excluding carboxylic acids is 1. The second-order valence-corrected chi connectivity index (χ2v) is 9.44. The molecular formula is C28H27N7O3. The molecule has 4 aromatic heterocycles. The van der Waals surface area contributed by atoms with Crippen LogP contribution in [0.1, 0.15) is 28.6 Å². The smallest absolute Gasteiger partial charge is 0.337 e. The number of ether oxygens (including phenoxy) is 1. The van der Waals surface area contributed by atoms with Gasteiger partial charge in [-0.25, -0.2) is 19.6 Å². The van der Waals surface area contributed by atoms with Gasteiger partial charge in [0.15, 0.2) is 5.65 Å². The van der Waals surface area contributed by atoms with Gasteiger partial charge in [-0.3, -0.25) is 19.0 Å². The average Bonchev–Trinajstić information content (AvgIpc) is 3.65. The van der Waals surface area contributed by atoms with E-state index in [0.29, 0.717) is 16.9 Å². The van der Waals surface area contributed by atoms with Crippen molar-refractivity contribution in [3.8, 4) is 16.9 Å². The Morgan fingerprint density at radius 2 is 1.89 bits per heavy atom. The first-order valence-electron chi connectivity index (χ1n) is 12.4. The van der Waals surface area contributed by atoms with Crippen LogP contribution < -0.4 is 5.69 Å². The standard InChI is InChI=1S/C28H27N7O3/c1-32-15-13-29-25(32)18-33-14-11-22(17-33)35-26-24(4-3-12-30-26)34(28(35)37)21-9-10-23(31-16-21)19-5-7-20(8-6-19)27(36)38-2/h3-10,12-13,15-16,22H,11,14,17-18H2,1-2H3/t22-/m0/s1. The predicted octanol–water partition coefficient (Wildman–Crippen LogP) is 3.22. The van der Waals surface area contributed by atoms with Gasteiger partial charge in [-0.1, -0.05) is 12.1 Å². The number of benzene rings is 1. The lowest BCUT2D eigenvalue weighted by Gasteiger charge is -2.16. The van der Waals surface area contributed by atoms with E-state index in [-0.39, 0.29) is 17.7 Å². The zero-order chi connectivity index (χ0) is 26.2. The maximum Gasteiger partial charge on any atom is 0.337 e. The molecule has 5 aromatic rings. The number of pyridine rings is 2. The Balaban J connectivity index is 1.30. The molecule has 0 saturated carbocycles. The summed E-state index contributed by atoms with van der Waals surface area (Å²) in [5, 5.41) is 0.